The van der Waals surface area contributed by atoms with Crippen LogP contribution in [-0.4, -0.2) is 28.7 Å². The summed E-state index contributed by atoms with van der Waals surface area (Å²) in [7, 11) is 2.03. The lowest BCUT2D eigenvalue weighted by atomic mass is 10.1. The molecule has 4 nitrogen and oxygen atoms in total. The second-order valence-corrected chi connectivity index (χ2v) is 4.87. The molecule has 0 aliphatic heterocycles. The summed E-state index contributed by atoms with van der Waals surface area (Å²) in [5.74, 6) is 2.04. The van der Waals surface area contributed by atoms with E-state index in [0.717, 1.165) is 31.0 Å². The number of aryl methyl sites for hydroxylation is 2. The third kappa shape index (κ3) is 4.38. The number of ether oxygens (including phenoxy) is 1. The molecule has 0 saturated carbocycles. The Morgan fingerprint density at radius 1 is 1.30 bits per heavy atom. The highest BCUT2D eigenvalue weighted by Gasteiger charge is 2.10. The summed E-state index contributed by atoms with van der Waals surface area (Å²) < 4.78 is 7.90. The molecule has 0 saturated heterocycles. The van der Waals surface area contributed by atoms with Crippen LogP contribution in [0.5, 0.6) is 5.75 Å². The summed E-state index contributed by atoms with van der Waals surface area (Å²) in [6.45, 7) is 3.75. The molecule has 1 unspecified atom stereocenters. The molecule has 2 aromatic rings. The molecule has 1 aromatic carbocycles. The van der Waals surface area contributed by atoms with Crippen LogP contribution in [0, 0.1) is 0 Å². The Morgan fingerprint density at radius 3 is 2.75 bits per heavy atom. The lowest BCUT2D eigenvalue weighted by molar-refractivity contribution is 0.258. The molecule has 0 aliphatic rings. The first kappa shape index (κ1) is 14.6. The summed E-state index contributed by atoms with van der Waals surface area (Å²) in [4.78, 5) is 4.36. The van der Waals surface area contributed by atoms with Crippen LogP contribution in [0.4, 0.5) is 0 Å². The number of hydrogen-bond donors (Lipinski definition) is 1. The van der Waals surface area contributed by atoms with Gasteiger partial charge in [-0.15, -0.1) is 0 Å². The predicted octanol–water partition coefficient (Wildman–Crippen LogP) is 2.41. The van der Waals surface area contributed by atoms with Crippen molar-refractivity contribution in [3.05, 3.63) is 48.5 Å². The first-order valence-corrected chi connectivity index (χ1v) is 7.17. The Bertz CT molecular complexity index is 495. The van der Waals surface area contributed by atoms with Crippen molar-refractivity contribution >= 4 is 0 Å². The number of aromatic nitrogens is 2. The van der Waals surface area contributed by atoms with E-state index in [0.29, 0.717) is 12.6 Å². The van der Waals surface area contributed by atoms with Crippen LogP contribution in [0.15, 0.2) is 42.7 Å². The fraction of sp³-hybridized carbons (Fsp3) is 0.438. The maximum atomic E-state index is 5.83. The van der Waals surface area contributed by atoms with Gasteiger partial charge in [0, 0.05) is 31.9 Å². The van der Waals surface area contributed by atoms with Crippen LogP contribution >= 0.6 is 0 Å². The highest BCUT2D eigenvalue weighted by molar-refractivity contribution is 5.20. The SMILES string of the molecule is CCNC(CCc1nccn1C)COc1ccccc1. The monoisotopic (exact) mass is 273 g/mol. The predicted molar refractivity (Wildman–Crippen MR) is 80.9 cm³/mol. The van der Waals surface area contributed by atoms with Crippen LogP contribution < -0.4 is 10.1 Å². The number of nitrogens with one attached hydrogen (secondary N) is 1. The average molecular weight is 273 g/mol. The number of benzene rings is 1. The molecule has 0 amide bonds. The first-order chi connectivity index (χ1) is 9.79. The Kier molecular flexibility index (Phi) is 5.62. The quantitative estimate of drug-likeness (QED) is 0.803. The maximum Gasteiger partial charge on any atom is 0.119 e. The topological polar surface area (TPSA) is 39.1 Å². The normalized spacial score (nSPS) is 12.3. The van der Waals surface area contributed by atoms with Crippen molar-refractivity contribution in [3.63, 3.8) is 0 Å². The number of likely N-dealkylation sites (N-methyl/N-ethyl adjacent to an activating group) is 1. The fourth-order valence-electron chi connectivity index (χ4n) is 2.19. The minimum atomic E-state index is 0.344. The smallest absolute Gasteiger partial charge is 0.119 e. The summed E-state index contributed by atoms with van der Waals surface area (Å²) in [5.41, 5.74) is 0. The molecular formula is C16H23N3O. The molecule has 4 heteroatoms. The van der Waals surface area contributed by atoms with Crippen molar-refractivity contribution in [1.82, 2.24) is 14.9 Å². The molecule has 1 atom stereocenters. The first-order valence-electron chi connectivity index (χ1n) is 7.17. The van der Waals surface area contributed by atoms with E-state index >= 15 is 0 Å². The van der Waals surface area contributed by atoms with Gasteiger partial charge in [0.05, 0.1) is 0 Å². The van der Waals surface area contributed by atoms with E-state index in [1.807, 2.05) is 49.8 Å². The molecule has 20 heavy (non-hydrogen) atoms. The molecule has 1 aromatic heterocycles. The van der Waals surface area contributed by atoms with Crippen molar-refractivity contribution in [2.24, 2.45) is 7.05 Å². The maximum absolute atomic E-state index is 5.83. The summed E-state index contributed by atoms with van der Waals surface area (Å²) in [6.07, 6.45) is 5.81. The van der Waals surface area contributed by atoms with E-state index in [-0.39, 0.29) is 0 Å². The summed E-state index contributed by atoms with van der Waals surface area (Å²) in [6, 6.07) is 10.3. The lowest BCUT2D eigenvalue weighted by Gasteiger charge is -2.18. The molecule has 1 heterocycles. The number of para-hydroxylation sites is 1. The Hall–Kier alpha value is -1.81. The minimum absolute atomic E-state index is 0.344. The van der Waals surface area contributed by atoms with Crippen LogP contribution in [0.25, 0.3) is 0 Å². The fourth-order valence-corrected chi connectivity index (χ4v) is 2.19. The second kappa shape index (κ2) is 7.70. The minimum Gasteiger partial charge on any atom is -0.492 e. The van der Waals surface area contributed by atoms with Crippen LogP contribution in [0.1, 0.15) is 19.2 Å². The highest BCUT2D eigenvalue weighted by atomic mass is 16.5. The van der Waals surface area contributed by atoms with Crippen LogP contribution in [0.3, 0.4) is 0 Å². The van der Waals surface area contributed by atoms with Gasteiger partial charge in [0.25, 0.3) is 0 Å². The molecule has 2 rings (SSSR count). The lowest BCUT2D eigenvalue weighted by Crippen LogP contribution is -2.35. The van der Waals surface area contributed by atoms with Gasteiger partial charge in [0.15, 0.2) is 0 Å². The van der Waals surface area contributed by atoms with Crippen molar-refractivity contribution in [2.45, 2.75) is 25.8 Å². The van der Waals surface area contributed by atoms with E-state index in [4.69, 9.17) is 4.74 Å². The molecule has 0 fully saturated rings. The van der Waals surface area contributed by atoms with Gasteiger partial charge < -0.3 is 14.6 Å². The molecule has 1 N–H and O–H groups in total. The Balaban J connectivity index is 1.82. The number of nitrogens with zero attached hydrogens (tertiary/aromatic N) is 2. The van der Waals surface area contributed by atoms with Gasteiger partial charge in [-0.1, -0.05) is 25.1 Å². The van der Waals surface area contributed by atoms with Crippen molar-refractivity contribution in [2.75, 3.05) is 13.2 Å². The van der Waals surface area contributed by atoms with E-state index in [1.54, 1.807) is 0 Å². The van der Waals surface area contributed by atoms with E-state index < -0.39 is 0 Å². The molecular weight excluding hydrogens is 250 g/mol. The third-order valence-electron chi connectivity index (χ3n) is 3.32. The zero-order valence-electron chi connectivity index (χ0n) is 12.2. The zero-order valence-corrected chi connectivity index (χ0v) is 12.2. The van der Waals surface area contributed by atoms with Gasteiger partial charge >= 0.3 is 0 Å². The van der Waals surface area contributed by atoms with Crippen molar-refractivity contribution in [1.29, 1.82) is 0 Å². The number of imidazole rings is 1. The van der Waals surface area contributed by atoms with Crippen LogP contribution in [-0.2, 0) is 13.5 Å². The van der Waals surface area contributed by atoms with Crippen molar-refractivity contribution < 1.29 is 4.74 Å². The second-order valence-electron chi connectivity index (χ2n) is 4.87. The van der Waals surface area contributed by atoms with E-state index in [1.165, 1.54) is 0 Å². The van der Waals surface area contributed by atoms with Gasteiger partial charge in [0.2, 0.25) is 0 Å². The highest BCUT2D eigenvalue weighted by Crippen LogP contribution is 2.10. The molecule has 0 spiro atoms. The van der Waals surface area contributed by atoms with E-state index in [9.17, 15) is 0 Å². The molecule has 0 aliphatic carbocycles. The van der Waals surface area contributed by atoms with Gasteiger partial charge in [-0.25, -0.2) is 4.98 Å². The number of rotatable bonds is 8. The van der Waals surface area contributed by atoms with Crippen LogP contribution in [0.2, 0.25) is 0 Å². The van der Waals surface area contributed by atoms with Gasteiger partial charge in [-0.2, -0.15) is 0 Å². The van der Waals surface area contributed by atoms with Gasteiger partial charge in [-0.3, -0.25) is 0 Å². The Morgan fingerprint density at radius 2 is 2.10 bits per heavy atom. The summed E-state index contributed by atoms with van der Waals surface area (Å²) in [5, 5.41) is 3.47. The molecule has 0 bridgehead atoms. The van der Waals surface area contributed by atoms with E-state index in [2.05, 4.69) is 21.8 Å². The third-order valence-corrected chi connectivity index (χ3v) is 3.32. The molecule has 108 valence electrons. The zero-order chi connectivity index (χ0) is 14.2. The number of hydrogen-bond acceptors (Lipinski definition) is 3. The standard InChI is InChI=1S/C16H23N3O/c1-3-17-14(9-10-16-18-11-12-19(16)2)13-20-15-7-5-4-6-8-15/h4-8,11-12,14,17H,3,9-10,13H2,1-2H3. The average Bonchev–Trinajstić information content (AvgIpc) is 2.88. The van der Waals surface area contributed by atoms with Gasteiger partial charge in [-0.05, 0) is 25.1 Å². The molecule has 0 radical (unpaired) electrons. The Labute approximate surface area is 120 Å². The van der Waals surface area contributed by atoms with Gasteiger partial charge in [0.1, 0.15) is 18.2 Å². The van der Waals surface area contributed by atoms with Crippen molar-refractivity contribution in [3.8, 4) is 5.75 Å². The summed E-state index contributed by atoms with van der Waals surface area (Å²) >= 11 is 0. The largest absolute Gasteiger partial charge is 0.492 e.